The van der Waals surface area contributed by atoms with Gasteiger partial charge in [0.1, 0.15) is 12.4 Å². The predicted molar refractivity (Wildman–Crippen MR) is 171 cm³/mol. The van der Waals surface area contributed by atoms with Gasteiger partial charge in [0.15, 0.2) is 0 Å². The maximum Gasteiger partial charge on any atom is 0.414 e. The minimum atomic E-state index is -3.36. The molecule has 0 amide bonds. The third-order valence-electron chi connectivity index (χ3n) is 7.16. The summed E-state index contributed by atoms with van der Waals surface area (Å²) in [5, 5.41) is 26.4. The molecule has 1 saturated heterocycles. The van der Waals surface area contributed by atoms with Crippen LogP contribution >= 0.6 is 11.3 Å². The van der Waals surface area contributed by atoms with Crippen molar-refractivity contribution in [3.63, 3.8) is 0 Å². The van der Waals surface area contributed by atoms with Crippen LogP contribution in [0.1, 0.15) is 35.6 Å². The Hall–Kier alpha value is -3.81. The second-order valence-electron chi connectivity index (χ2n) is 10.5. The Bertz CT molecular complexity index is 1650. The summed E-state index contributed by atoms with van der Waals surface area (Å²) in [5.74, 6) is -2.74. The second kappa shape index (κ2) is 15.3. The van der Waals surface area contributed by atoms with E-state index in [1.807, 2.05) is 24.3 Å². The summed E-state index contributed by atoms with van der Waals surface area (Å²) in [7, 11) is -3.36. The monoisotopic (exact) mass is 640 g/mol. The van der Waals surface area contributed by atoms with E-state index in [4.69, 9.17) is 24.5 Å². The number of hydrogen-bond donors (Lipinski definition) is 4. The van der Waals surface area contributed by atoms with Gasteiger partial charge in [-0.3, -0.25) is 4.90 Å². The first-order chi connectivity index (χ1) is 21.0. The van der Waals surface area contributed by atoms with Crippen molar-refractivity contribution in [2.45, 2.75) is 25.4 Å². The van der Waals surface area contributed by atoms with Gasteiger partial charge in [-0.25, -0.2) is 22.7 Å². The molecule has 44 heavy (non-hydrogen) atoms. The number of carboxylic acid groups (broad SMARTS) is 2. The highest BCUT2D eigenvalue weighted by Crippen LogP contribution is 2.40. The molecule has 1 aromatic heterocycles. The second-order valence-corrected chi connectivity index (χ2v) is 13.4. The van der Waals surface area contributed by atoms with Crippen LogP contribution in [0.2, 0.25) is 0 Å². The average molecular weight is 641 g/mol. The molecule has 1 fully saturated rings. The molecule has 0 radical (unpaired) electrons. The molecule has 0 aliphatic carbocycles. The van der Waals surface area contributed by atoms with Gasteiger partial charge < -0.3 is 20.1 Å². The fraction of sp³-hybridized carbons (Fsp3) is 0.312. The lowest BCUT2D eigenvalue weighted by atomic mass is 9.98. The first-order valence-corrected chi connectivity index (χ1v) is 16.8. The maximum absolute atomic E-state index is 11.4. The fourth-order valence-electron chi connectivity index (χ4n) is 4.92. The van der Waals surface area contributed by atoms with Crippen LogP contribution in [0.3, 0.4) is 0 Å². The summed E-state index contributed by atoms with van der Waals surface area (Å²) >= 11 is 1.77. The van der Waals surface area contributed by atoms with Crippen LogP contribution in [0.4, 0.5) is 0 Å². The van der Waals surface area contributed by atoms with Crippen molar-refractivity contribution in [2.75, 3.05) is 39.0 Å². The molecule has 1 aliphatic rings. The van der Waals surface area contributed by atoms with Gasteiger partial charge in [-0.1, -0.05) is 54.6 Å². The van der Waals surface area contributed by atoms with Crippen molar-refractivity contribution >= 4 is 43.4 Å². The Labute approximate surface area is 260 Å². The van der Waals surface area contributed by atoms with Crippen molar-refractivity contribution in [1.82, 2.24) is 9.62 Å². The third-order valence-corrected chi connectivity index (χ3v) is 9.11. The Morgan fingerprint density at radius 2 is 1.59 bits per heavy atom. The minimum absolute atomic E-state index is 0.0513. The van der Waals surface area contributed by atoms with Gasteiger partial charge in [0, 0.05) is 22.7 Å². The van der Waals surface area contributed by atoms with Gasteiger partial charge in [0.25, 0.3) is 0 Å². The van der Waals surface area contributed by atoms with E-state index in [2.05, 4.69) is 58.2 Å². The molecule has 1 aliphatic heterocycles. The first-order valence-electron chi connectivity index (χ1n) is 14.1. The van der Waals surface area contributed by atoms with Crippen molar-refractivity contribution in [2.24, 2.45) is 0 Å². The average Bonchev–Trinajstić information content (AvgIpc) is 3.65. The van der Waals surface area contributed by atoms with E-state index >= 15 is 0 Å². The number of rotatable bonds is 11. The summed E-state index contributed by atoms with van der Waals surface area (Å²) in [6.45, 7) is 4.01. The number of ether oxygens (including phenoxy) is 1. The Kier molecular flexibility index (Phi) is 11.5. The van der Waals surface area contributed by atoms with Crippen molar-refractivity contribution in [1.29, 1.82) is 0 Å². The van der Waals surface area contributed by atoms with Gasteiger partial charge in [-0.05, 0) is 78.2 Å². The van der Waals surface area contributed by atoms with Crippen LogP contribution in [-0.2, 0) is 26.0 Å². The van der Waals surface area contributed by atoms with E-state index in [1.165, 1.54) is 52.0 Å². The molecule has 10 nitrogen and oxygen atoms in total. The number of sulfonamides is 1. The largest absolute Gasteiger partial charge is 0.492 e. The number of carboxylic acids is 2. The van der Waals surface area contributed by atoms with E-state index in [-0.39, 0.29) is 6.54 Å². The molecule has 12 heteroatoms. The lowest BCUT2D eigenvalue weighted by Gasteiger charge is -2.15. The zero-order valence-electron chi connectivity index (χ0n) is 24.3. The molecule has 2 heterocycles. The molecule has 0 spiro atoms. The number of aliphatic carboxylic acids is 2. The normalized spacial score (nSPS) is 14.1. The molecular formula is C32H36N2O8S2. The summed E-state index contributed by atoms with van der Waals surface area (Å²) in [4.78, 5) is 21.9. The van der Waals surface area contributed by atoms with Gasteiger partial charge in [0.2, 0.25) is 10.0 Å². The number of carbonyl (C=O) groups is 2. The standard InChI is InChI=1S/C30H34N2O4S2.C2H2O4/c1-38(34,35)31-21-28(33)23-10-12-24(13-11-23)30-27(26-6-2-3-7-29(26)37-30)20-22-8-14-25(15-9-22)36-19-18-32-16-4-5-17-32;3-1(4)2(5)6/h2-3,6-15,28,31,33H,4-5,16-21H2,1H3;(H,3,4)(H,5,6). The smallest absolute Gasteiger partial charge is 0.414 e. The fourth-order valence-corrected chi connectivity index (χ4v) is 6.61. The topological polar surface area (TPSA) is 153 Å². The van der Waals surface area contributed by atoms with Crippen LogP contribution in [0.15, 0.2) is 72.8 Å². The highest BCUT2D eigenvalue weighted by molar-refractivity contribution is 7.88. The molecule has 0 bridgehead atoms. The molecular weight excluding hydrogens is 604 g/mol. The third kappa shape index (κ3) is 9.60. The predicted octanol–water partition coefficient (Wildman–Crippen LogP) is 4.37. The van der Waals surface area contributed by atoms with Gasteiger partial charge in [0.05, 0.1) is 12.4 Å². The molecule has 3 aromatic carbocycles. The molecule has 4 aromatic rings. The van der Waals surface area contributed by atoms with Crippen LogP contribution < -0.4 is 9.46 Å². The lowest BCUT2D eigenvalue weighted by molar-refractivity contribution is -0.159. The van der Waals surface area contributed by atoms with Crippen LogP contribution in [0, 0.1) is 0 Å². The number of nitrogens with one attached hydrogen (secondary N) is 1. The van der Waals surface area contributed by atoms with Crippen molar-refractivity contribution in [3.05, 3.63) is 89.5 Å². The van der Waals surface area contributed by atoms with Crippen LogP contribution in [-0.4, -0.2) is 79.6 Å². The minimum Gasteiger partial charge on any atom is -0.492 e. The lowest BCUT2D eigenvalue weighted by Crippen LogP contribution is -2.27. The molecule has 4 N–H and O–H groups in total. The van der Waals surface area contributed by atoms with Crippen LogP contribution in [0.25, 0.3) is 20.5 Å². The van der Waals surface area contributed by atoms with Crippen molar-refractivity contribution < 1.29 is 38.1 Å². The van der Waals surface area contributed by atoms with Gasteiger partial charge >= 0.3 is 11.9 Å². The van der Waals surface area contributed by atoms with E-state index in [1.54, 1.807) is 11.3 Å². The van der Waals surface area contributed by atoms with E-state index < -0.39 is 28.1 Å². The number of thiophene rings is 1. The van der Waals surface area contributed by atoms with Gasteiger partial charge in [-0.15, -0.1) is 11.3 Å². The Balaban J connectivity index is 0.000000670. The number of fused-ring (bicyclic) bond motifs is 1. The van der Waals surface area contributed by atoms with Gasteiger partial charge in [-0.2, -0.15) is 0 Å². The molecule has 1 unspecified atom stereocenters. The van der Waals surface area contributed by atoms with E-state index in [9.17, 15) is 13.5 Å². The highest BCUT2D eigenvalue weighted by atomic mass is 32.2. The number of hydrogen-bond acceptors (Lipinski definition) is 8. The number of likely N-dealkylation sites (tertiary alicyclic amines) is 1. The first kappa shape index (κ1) is 33.1. The number of aliphatic hydroxyl groups excluding tert-OH is 1. The maximum atomic E-state index is 11.4. The Morgan fingerprint density at radius 3 is 2.20 bits per heavy atom. The molecule has 5 rings (SSSR count). The SMILES string of the molecule is CS(=O)(=O)NCC(O)c1ccc(-c2sc3ccccc3c2Cc2ccc(OCCN3CCCC3)cc2)cc1.O=C(O)C(=O)O. The van der Waals surface area contributed by atoms with E-state index in [0.29, 0.717) is 12.2 Å². The van der Waals surface area contributed by atoms with E-state index in [0.717, 1.165) is 30.5 Å². The Morgan fingerprint density at radius 1 is 0.955 bits per heavy atom. The summed E-state index contributed by atoms with van der Waals surface area (Å²) in [6.07, 6.45) is 3.57. The zero-order valence-corrected chi connectivity index (χ0v) is 25.9. The van der Waals surface area contributed by atoms with Crippen molar-refractivity contribution in [3.8, 4) is 16.2 Å². The summed E-state index contributed by atoms with van der Waals surface area (Å²) in [6, 6.07) is 24.6. The quantitative estimate of drug-likeness (QED) is 0.175. The molecule has 0 saturated carbocycles. The number of aliphatic hydroxyl groups is 1. The van der Waals surface area contributed by atoms with Crippen LogP contribution in [0.5, 0.6) is 5.75 Å². The molecule has 1 atom stereocenters. The number of nitrogens with zero attached hydrogens (tertiary/aromatic N) is 1. The summed E-state index contributed by atoms with van der Waals surface area (Å²) in [5.41, 5.74) is 4.25. The molecule has 234 valence electrons. The highest BCUT2D eigenvalue weighted by Gasteiger charge is 2.16. The number of benzene rings is 3. The zero-order chi connectivity index (χ0) is 31.7. The summed E-state index contributed by atoms with van der Waals surface area (Å²) < 4.78 is 32.3.